The standard InChI is InChI=1S/C16H22FNO/c1-11-3-2-7-16(8-6-11)10-14(18)13-9-12(17)4-5-15(13)19-16/h4-5,9,11,14H,2-3,6-8,10,18H2,1H3/t11?,14-,16?/m1/s1. The third-order valence-electron chi connectivity index (χ3n) is 4.71. The van der Waals surface area contributed by atoms with E-state index in [-0.39, 0.29) is 17.5 Å². The summed E-state index contributed by atoms with van der Waals surface area (Å²) in [5.41, 5.74) is 6.97. The first-order valence-corrected chi connectivity index (χ1v) is 7.32. The van der Waals surface area contributed by atoms with Crippen molar-refractivity contribution in [3.8, 4) is 5.75 Å². The Kier molecular flexibility index (Phi) is 3.25. The van der Waals surface area contributed by atoms with E-state index in [1.165, 1.54) is 31.4 Å². The Morgan fingerprint density at radius 3 is 3.00 bits per heavy atom. The summed E-state index contributed by atoms with van der Waals surface area (Å²) >= 11 is 0. The van der Waals surface area contributed by atoms with E-state index in [2.05, 4.69) is 6.92 Å². The molecule has 1 saturated carbocycles. The Bertz CT molecular complexity index is 476. The van der Waals surface area contributed by atoms with Gasteiger partial charge >= 0.3 is 0 Å². The molecule has 0 aromatic heterocycles. The van der Waals surface area contributed by atoms with Gasteiger partial charge in [0.1, 0.15) is 17.2 Å². The highest BCUT2D eigenvalue weighted by Gasteiger charge is 2.40. The molecule has 1 aliphatic carbocycles. The zero-order valence-corrected chi connectivity index (χ0v) is 11.5. The van der Waals surface area contributed by atoms with Crippen LogP contribution in [0.2, 0.25) is 0 Å². The molecule has 2 aliphatic rings. The van der Waals surface area contributed by atoms with E-state index in [4.69, 9.17) is 10.5 Å². The molecule has 1 fully saturated rings. The Morgan fingerprint density at radius 2 is 2.16 bits per heavy atom. The molecular weight excluding hydrogens is 241 g/mol. The summed E-state index contributed by atoms with van der Waals surface area (Å²) < 4.78 is 19.6. The molecule has 1 spiro atoms. The van der Waals surface area contributed by atoms with Crippen LogP contribution in [-0.4, -0.2) is 5.60 Å². The van der Waals surface area contributed by atoms with Gasteiger partial charge in [-0.1, -0.05) is 13.3 Å². The van der Waals surface area contributed by atoms with E-state index >= 15 is 0 Å². The number of fused-ring (bicyclic) bond motifs is 1. The van der Waals surface area contributed by atoms with Crippen molar-refractivity contribution in [2.45, 2.75) is 57.1 Å². The predicted molar refractivity (Wildman–Crippen MR) is 73.6 cm³/mol. The fraction of sp³-hybridized carbons (Fsp3) is 0.625. The van der Waals surface area contributed by atoms with Crippen molar-refractivity contribution >= 4 is 0 Å². The number of benzene rings is 1. The number of ether oxygens (including phenoxy) is 1. The average molecular weight is 263 g/mol. The zero-order valence-electron chi connectivity index (χ0n) is 11.5. The van der Waals surface area contributed by atoms with Crippen molar-refractivity contribution in [3.05, 3.63) is 29.6 Å². The second kappa shape index (κ2) is 4.78. The molecule has 1 aromatic rings. The maximum Gasteiger partial charge on any atom is 0.125 e. The van der Waals surface area contributed by atoms with Crippen molar-refractivity contribution in [3.63, 3.8) is 0 Å². The molecule has 1 aliphatic heterocycles. The number of hydrogen-bond donors (Lipinski definition) is 1. The summed E-state index contributed by atoms with van der Waals surface area (Å²) in [4.78, 5) is 0. The summed E-state index contributed by atoms with van der Waals surface area (Å²) in [6, 6.07) is 4.61. The highest BCUT2D eigenvalue weighted by molar-refractivity contribution is 5.39. The van der Waals surface area contributed by atoms with Gasteiger partial charge in [0.15, 0.2) is 0 Å². The van der Waals surface area contributed by atoms with Crippen LogP contribution in [0.25, 0.3) is 0 Å². The van der Waals surface area contributed by atoms with Gasteiger partial charge in [-0.2, -0.15) is 0 Å². The van der Waals surface area contributed by atoms with Crippen LogP contribution in [0.3, 0.4) is 0 Å². The quantitative estimate of drug-likeness (QED) is 0.769. The van der Waals surface area contributed by atoms with Crippen molar-refractivity contribution in [1.82, 2.24) is 0 Å². The monoisotopic (exact) mass is 263 g/mol. The van der Waals surface area contributed by atoms with Gasteiger partial charge in [0, 0.05) is 18.0 Å². The highest BCUT2D eigenvalue weighted by atomic mass is 19.1. The van der Waals surface area contributed by atoms with E-state index < -0.39 is 0 Å². The third-order valence-corrected chi connectivity index (χ3v) is 4.71. The van der Waals surface area contributed by atoms with Crippen LogP contribution >= 0.6 is 0 Å². The second-order valence-corrected chi connectivity index (χ2v) is 6.31. The lowest BCUT2D eigenvalue weighted by Gasteiger charge is -2.41. The van der Waals surface area contributed by atoms with Crippen LogP contribution in [0.5, 0.6) is 5.75 Å². The molecule has 0 saturated heterocycles. The number of halogens is 1. The maximum absolute atomic E-state index is 13.3. The first-order valence-electron chi connectivity index (χ1n) is 7.32. The molecular formula is C16H22FNO. The van der Waals surface area contributed by atoms with Gasteiger partial charge in [-0.25, -0.2) is 4.39 Å². The summed E-state index contributed by atoms with van der Waals surface area (Å²) in [5, 5.41) is 0. The Labute approximate surface area is 114 Å². The lowest BCUT2D eigenvalue weighted by Crippen LogP contribution is -2.42. The summed E-state index contributed by atoms with van der Waals surface area (Å²) in [6.45, 7) is 2.31. The molecule has 2 unspecified atom stereocenters. The molecule has 3 atom stereocenters. The SMILES string of the molecule is CC1CCCC2(CC1)C[C@@H](N)c1cc(F)ccc1O2. The molecule has 2 N–H and O–H groups in total. The Balaban J connectivity index is 1.89. The summed E-state index contributed by atoms with van der Waals surface area (Å²) in [5.74, 6) is 1.33. The minimum absolute atomic E-state index is 0.104. The van der Waals surface area contributed by atoms with Gasteiger partial charge in [0.2, 0.25) is 0 Å². The van der Waals surface area contributed by atoms with E-state index in [0.717, 1.165) is 36.5 Å². The van der Waals surface area contributed by atoms with Crippen molar-refractivity contribution in [2.24, 2.45) is 11.7 Å². The van der Waals surface area contributed by atoms with Crippen LogP contribution in [0, 0.1) is 11.7 Å². The molecule has 3 heteroatoms. The minimum atomic E-state index is -0.233. The molecule has 1 aromatic carbocycles. The van der Waals surface area contributed by atoms with E-state index in [0.29, 0.717) is 0 Å². The smallest absolute Gasteiger partial charge is 0.125 e. The second-order valence-electron chi connectivity index (χ2n) is 6.31. The minimum Gasteiger partial charge on any atom is -0.487 e. The van der Waals surface area contributed by atoms with Crippen molar-refractivity contribution < 1.29 is 9.13 Å². The molecule has 0 bridgehead atoms. The van der Waals surface area contributed by atoms with Crippen LogP contribution in [0.15, 0.2) is 18.2 Å². The van der Waals surface area contributed by atoms with E-state index in [9.17, 15) is 4.39 Å². The fourth-order valence-electron chi connectivity index (χ4n) is 3.55. The third kappa shape index (κ3) is 2.48. The Morgan fingerprint density at radius 1 is 1.32 bits per heavy atom. The van der Waals surface area contributed by atoms with Gasteiger partial charge in [-0.15, -0.1) is 0 Å². The van der Waals surface area contributed by atoms with Gasteiger partial charge in [0.25, 0.3) is 0 Å². The molecule has 2 nitrogen and oxygen atoms in total. The summed E-state index contributed by atoms with van der Waals surface area (Å²) in [7, 11) is 0. The van der Waals surface area contributed by atoms with Crippen molar-refractivity contribution in [1.29, 1.82) is 0 Å². The van der Waals surface area contributed by atoms with Crippen LogP contribution in [0.4, 0.5) is 4.39 Å². The molecule has 19 heavy (non-hydrogen) atoms. The van der Waals surface area contributed by atoms with Gasteiger partial charge in [0.05, 0.1) is 0 Å². The molecule has 0 radical (unpaired) electrons. The zero-order chi connectivity index (χ0) is 13.5. The number of hydrogen-bond acceptors (Lipinski definition) is 2. The van der Waals surface area contributed by atoms with Gasteiger partial charge in [-0.3, -0.25) is 0 Å². The normalized spacial score (nSPS) is 34.5. The highest BCUT2D eigenvalue weighted by Crippen LogP contribution is 2.45. The molecule has 1 heterocycles. The largest absolute Gasteiger partial charge is 0.487 e. The van der Waals surface area contributed by atoms with Crippen LogP contribution < -0.4 is 10.5 Å². The maximum atomic E-state index is 13.3. The Hall–Kier alpha value is -1.09. The lowest BCUT2D eigenvalue weighted by atomic mass is 9.82. The fourth-order valence-corrected chi connectivity index (χ4v) is 3.55. The van der Waals surface area contributed by atoms with Gasteiger partial charge < -0.3 is 10.5 Å². The molecule has 0 amide bonds. The van der Waals surface area contributed by atoms with Crippen molar-refractivity contribution in [2.75, 3.05) is 0 Å². The first-order chi connectivity index (χ1) is 9.08. The number of rotatable bonds is 0. The molecule has 104 valence electrons. The van der Waals surface area contributed by atoms with Gasteiger partial charge in [-0.05, 0) is 49.8 Å². The lowest BCUT2D eigenvalue weighted by molar-refractivity contribution is 0.0203. The molecule has 3 rings (SSSR count). The number of nitrogens with two attached hydrogens (primary N) is 1. The summed E-state index contributed by atoms with van der Waals surface area (Å²) in [6.07, 6.45) is 6.63. The first kappa shape index (κ1) is 12.9. The van der Waals surface area contributed by atoms with Crippen LogP contribution in [0.1, 0.15) is 57.1 Å². The van der Waals surface area contributed by atoms with E-state index in [1.807, 2.05) is 0 Å². The van der Waals surface area contributed by atoms with E-state index in [1.54, 1.807) is 6.07 Å². The van der Waals surface area contributed by atoms with Crippen LogP contribution in [-0.2, 0) is 0 Å². The average Bonchev–Trinajstić information content (AvgIpc) is 2.54. The topological polar surface area (TPSA) is 35.2 Å². The predicted octanol–water partition coefficient (Wildman–Crippen LogP) is 3.95.